The predicted octanol–water partition coefficient (Wildman–Crippen LogP) is 8.91. The van der Waals surface area contributed by atoms with Gasteiger partial charge in [0.2, 0.25) is 0 Å². The van der Waals surface area contributed by atoms with Crippen LogP contribution in [-0.2, 0) is 24.1 Å². The summed E-state index contributed by atoms with van der Waals surface area (Å²) in [5.74, 6) is -0.992. The number of epoxide rings is 1. The Labute approximate surface area is 287 Å². The van der Waals surface area contributed by atoms with Gasteiger partial charge in [0.05, 0.1) is 0 Å². The fourth-order valence-corrected chi connectivity index (χ4v) is 24.3. The molecule has 2 aliphatic heterocycles. The summed E-state index contributed by atoms with van der Waals surface area (Å²) in [6, 6.07) is 49.6. The quantitative estimate of drug-likeness (QED) is 0.137. The minimum atomic E-state index is -4.35. The number of rotatable bonds is 4. The van der Waals surface area contributed by atoms with Crippen LogP contribution in [0.5, 0.6) is 0 Å². The van der Waals surface area contributed by atoms with E-state index >= 15 is 0 Å². The van der Waals surface area contributed by atoms with E-state index in [2.05, 4.69) is 175 Å². The number of ether oxygens (including phenoxy) is 1. The van der Waals surface area contributed by atoms with Gasteiger partial charge in [-0.2, -0.15) is 0 Å². The van der Waals surface area contributed by atoms with Crippen molar-refractivity contribution in [3.63, 3.8) is 0 Å². The molecule has 0 bridgehead atoms. The van der Waals surface area contributed by atoms with Gasteiger partial charge in [0.25, 0.3) is 0 Å². The number of benzene rings is 6. The first-order valence-electron chi connectivity index (χ1n) is 17.1. The summed E-state index contributed by atoms with van der Waals surface area (Å²) < 4.78 is 18.2. The van der Waals surface area contributed by atoms with Crippen LogP contribution in [0.25, 0.3) is 11.1 Å². The molecule has 1 aliphatic carbocycles. The summed E-state index contributed by atoms with van der Waals surface area (Å²) in [5, 5.41) is 0. The summed E-state index contributed by atoms with van der Waals surface area (Å²) >= 11 is -4.35. The molecule has 1 spiro atoms. The summed E-state index contributed by atoms with van der Waals surface area (Å²) in [7, 11) is 0. The molecule has 6 aromatic rings. The molecule has 2 heterocycles. The van der Waals surface area contributed by atoms with Gasteiger partial charge in [-0.25, -0.2) is 0 Å². The zero-order chi connectivity index (χ0) is 33.1. The van der Waals surface area contributed by atoms with Crippen molar-refractivity contribution >= 4 is 22.4 Å². The molecule has 236 valence electrons. The van der Waals surface area contributed by atoms with Crippen LogP contribution in [-0.4, -0.2) is 13.6 Å². The number of fused-ring (bicyclic) bond motifs is 7. The fraction of sp³-hybridized carbons (Fsp3) is 0.200. The zero-order valence-electron chi connectivity index (χ0n) is 28.5. The molecule has 6 aromatic carbocycles. The monoisotopic (exact) mass is 686 g/mol. The molecule has 2 unspecified atom stereocenters. The van der Waals surface area contributed by atoms with Crippen molar-refractivity contribution < 1.29 is 8.50 Å². The standard InChI is InChI=1S/C45H40GeO2/c1-29-25-31(3)41(32(4)26-29)46(42-33(5)27-30(2)28-34(42)6)43(39-23-15-13-21-37(39)38-22-14-16-24-40(38)43)44(35-17-9-7-10-18-35)45(47-44,48-46)36-19-11-8-12-20-36/h7-28H,1-6H3. The molecule has 0 aromatic heterocycles. The molecule has 2 fully saturated rings. The van der Waals surface area contributed by atoms with E-state index in [1.807, 2.05) is 0 Å². The molecule has 2 saturated heterocycles. The average molecular weight is 685 g/mol. The van der Waals surface area contributed by atoms with E-state index in [4.69, 9.17) is 8.50 Å². The minimum absolute atomic E-state index is 0.632. The van der Waals surface area contributed by atoms with Crippen LogP contribution >= 0.6 is 0 Å². The van der Waals surface area contributed by atoms with Gasteiger partial charge < -0.3 is 0 Å². The van der Waals surface area contributed by atoms with E-state index in [0.29, 0.717) is 0 Å². The van der Waals surface area contributed by atoms with Crippen molar-refractivity contribution in [1.29, 1.82) is 0 Å². The summed E-state index contributed by atoms with van der Waals surface area (Å²) in [6.45, 7) is 13.7. The Morgan fingerprint density at radius 1 is 0.458 bits per heavy atom. The third-order valence-electron chi connectivity index (χ3n) is 11.4. The van der Waals surface area contributed by atoms with Gasteiger partial charge in [-0.1, -0.05) is 0 Å². The van der Waals surface area contributed by atoms with E-state index in [-0.39, 0.29) is 0 Å². The Morgan fingerprint density at radius 3 is 1.31 bits per heavy atom. The van der Waals surface area contributed by atoms with Crippen LogP contribution in [0.3, 0.4) is 0 Å². The first-order valence-corrected chi connectivity index (χ1v) is 21.1. The maximum atomic E-state index is 8.45. The first kappa shape index (κ1) is 29.9. The van der Waals surface area contributed by atoms with Crippen molar-refractivity contribution in [3.05, 3.63) is 189 Å². The predicted molar refractivity (Wildman–Crippen MR) is 197 cm³/mol. The Morgan fingerprint density at radius 2 is 0.854 bits per heavy atom. The van der Waals surface area contributed by atoms with E-state index in [0.717, 1.165) is 11.1 Å². The normalized spacial score (nSPS) is 22.3. The van der Waals surface area contributed by atoms with Gasteiger partial charge >= 0.3 is 288 Å². The van der Waals surface area contributed by atoms with Gasteiger partial charge in [0.1, 0.15) is 0 Å². The third-order valence-corrected chi connectivity index (χ3v) is 23.0. The van der Waals surface area contributed by atoms with Crippen molar-refractivity contribution in [1.82, 2.24) is 0 Å². The van der Waals surface area contributed by atoms with Crippen molar-refractivity contribution in [3.8, 4) is 11.1 Å². The Bertz CT molecular complexity index is 2120. The summed E-state index contributed by atoms with van der Waals surface area (Å²) in [5.41, 5.74) is 14.4. The third kappa shape index (κ3) is 3.41. The average Bonchev–Trinajstić information content (AvgIpc) is 3.57. The van der Waals surface area contributed by atoms with Gasteiger partial charge in [0, 0.05) is 0 Å². The zero-order valence-corrected chi connectivity index (χ0v) is 30.6. The molecule has 3 aliphatic rings. The molecule has 2 atom stereocenters. The Hall–Kier alpha value is -4.22. The van der Waals surface area contributed by atoms with E-state index in [1.54, 1.807) is 0 Å². The molecule has 0 radical (unpaired) electrons. The summed E-state index contributed by atoms with van der Waals surface area (Å²) in [6.07, 6.45) is 0. The van der Waals surface area contributed by atoms with E-state index in [1.165, 1.54) is 64.4 Å². The van der Waals surface area contributed by atoms with Crippen LogP contribution in [0.15, 0.2) is 133 Å². The van der Waals surface area contributed by atoms with Crippen LogP contribution in [0, 0.1) is 41.5 Å². The molecule has 0 saturated carbocycles. The van der Waals surface area contributed by atoms with E-state index in [9.17, 15) is 0 Å². The molecule has 9 rings (SSSR count). The van der Waals surface area contributed by atoms with Crippen LogP contribution in [0.1, 0.15) is 55.6 Å². The van der Waals surface area contributed by atoms with Crippen LogP contribution < -0.4 is 8.79 Å². The topological polar surface area (TPSA) is 21.8 Å². The second-order valence-electron chi connectivity index (χ2n) is 14.3. The molecule has 2 nitrogen and oxygen atoms in total. The number of hydrogen-bond acceptors (Lipinski definition) is 2. The molecular formula is C45H40GeO2. The van der Waals surface area contributed by atoms with Gasteiger partial charge in [-0.3, -0.25) is 0 Å². The molecule has 0 amide bonds. The van der Waals surface area contributed by atoms with Crippen molar-refractivity contribution in [2.45, 2.75) is 57.2 Å². The second-order valence-corrected chi connectivity index (χ2v) is 21.3. The van der Waals surface area contributed by atoms with Gasteiger partial charge in [-0.05, 0) is 0 Å². The van der Waals surface area contributed by atoms with E-state index < -0.39 is 29.2 Å². The maximum absolute atomic E-state index is 8.45. The fourth-order valence-electron chi connectivity index (χ4n) is 10.3. The van der Waals surface area contributed by atoms with Crippen molar-refractivity contribution in [2.24, 2.45) is 0 Å². The SMILES string of the molecule is Cc1cc(C)[c]([Ge]2([c]3c(C)cc(C)cc3C)[O]C3(c4ccccc4)OC3(c3ccccc3)[C]23c2ccccc2-c2ccccc23)c(C)c1. The number of hydrogen-bond donors (Lipinski definition) is 0. The first-order chi connectivity index (χ1) is 23.2. The van der Waals surface area contributed by atoms with Crippen LogP contribution in [0.2, 0.25) is 0 Å². The summed E-state index contributed by atoms with van der Waals surface area (Å²) in [4.78, 5) is 0. The molecule has 0 N–H and O–H groups in total. The van der Waals surface area contributed by atoms with Crippen molar-refractivity contribution in [2.75, 3.05) is 0 Å². The Balaban J connectivity index is 1.60. The Kier molecular flexibility index (Phi) is 6.32. The van der Waals surface area contributed by atoms with Gasteiger partial charge in [-0.15, -0.1) is 0 Å². The van der Waals surface area contributed by atoms with Crippen LogP contribution in [0.4, 0.5) is 0 Å². The molecular weight excluding hydrogens is 645 g/mol. The molecule has 3 heteroatoms. The molecule has 48 heavy (non-hydrogen) atoms. The van der Waals surface area contributed by atoms with Gasteiger partial charge in [0.15, 0.2) is 0 Å². The number of aryl methyl sites for hydroxylation is 6. The second kappa shape index (κ2) is 10.1.